The molecule has 1 heterocycles. The number of carbonyl (C=O) groups excluding carboxylic acids is 3. The summed E-state index contributed by atoms with van der Waals surface area (Å²) >= 11 is 0. The molecule has 1 atom stereocenters. The lowest BCUT2D eigenvalue weighted by Gasteiger charge is -2.18. The quantitative estimate of drug-likeness (QED) is 0.382. The Balaban J connectivity index is 1.93. The summed E-state index contributed by atoms with van der Waals surface area (Å²) < 4.78 is 21.5. The molecule has 2 aromatic carbocycles. The van der Waals surface area contributed by atoms with E-state index in [2.05, 4.69) is 5.43 Å². The van der Waals surface area contributed by atoms with Gasteiger partial charge in [-0.05, 0) is 49.8 Å². The zero-order valence-corrected chi connectivity index (χ0v) is 18.2. The highest BCUT2D eigenvalue weighted by molar-refractivity contribution is 6.31. The standard InChI is InChI=1S/C23H24N2O7/c1-5-31-23(28)14(2)32-20-18(29-3)12-15(13-19(20)30-4)11-17-21(26)24-25(22(17)27)16-9-7-6-8-10-16/h6-14H,5H2,1-4H3,(H,24,26)/b17-11-/t14-/m0/s1. The second-order valence-electron chi connectivity index (χ2n) is 6.74. The van der Waals surface area contributed by atoms with Crippen LogP contribution in [-0.2, 0) is 19.1 Å². The fraction of sp³-hybridized carbons (Fsp3) is 0.261. The number of benzene rings is 2. The molecule has 0 unspecified atom stereocenters. The Hall–Kier alpha value is -4.01. The summed E-state index contributed by atoms with van der Waals surface area (Å²) in [7, 11) is 2.86. The zero-order chi connectivity index (χ0) is 23.3. The Morgan fingerprint density at radius 1 is 1.09 bits per heavy atom. The number of nitrogens with zero attached hydrogens (tertiary/aromatic N) is 1. The molecule has 0 aromatic heterocycles. The summed E-state index contributed by atoms with van der Waals surface area (Å²) in [6, 6.07) is 11.9. The maximum Gasteiger partial charge on any atom is 0.347 e. The van der Waals surface area contributed by atoms with Crippen LogP contribution in [0.15, 0.2) is 48.0 Å². The average Bonchev–Trinajstić information content (AvgIpc) is 3.08. The van der Waals surface area contributed by atoms with Gasteiger partial charge >= 0.3 is 5.97 Å². The van der Waals surface area contributed by atoms with Crippen LogP contribution in [0.25, 0.3) is 6.08 Å². The molecule has 2 amide bonds. The van der Waals surface area contributed by atoms with Crippen molar-refractivity contribution < 1.29 is 33.3 Å². The van der Waals surface area contributed by atoms with Gasteiger partial charge in [-0.3, -0.25) is 15.0 Å². The maximum absolute atomic E-state index is 12.8. The Labute approximate surface area is 185 Å². The summed E-state index contributed by atoms with van der Waals surface area (Å²) in [5.41, 5.74) is 3.52. The van der Waals surface area contributed by atoms with Gasteiger partial charge in [0.2, 0.25) is 5.75 Å². The number of ether oxygens (including phenoxy) is 4. The Morgan fingerprint density at radius 3 is 2.28 bits per heavy atom. The molecule has 9 nitrogen and oxygen atoms in total. The lowest BCUT2D eigenvalue weighted by atomic mass is 10.1. The first-order valence-corrected chi connectivity index (χ1v) is 9.91. The van der Waals surface area contributed by atoms with Gasteiger partial charge < -0.3 is 18.9 Å². The molecule has 1 aliphatic rings. The first kappa shape index (κ1) is 22.7. The van der Waals surface area contributed by atoms with Crippen LogP contribution in [0.5, 0.6) is 17.2 Å². The lowest BCUT2D eigenvalue weighted by molar-refractivity contribution is -0.150. The Kier molecular flexibility index (Phi) is 6.99. The van der Waals surface area contributed by atoms with E-state index in [1.54, 1.807) is 50.2 Å². The van der Waals surface area contributed by atoms with Crippen molar-refractivity contribution in [3.63, 3.8) is 0 Å². The number of hydrogen-bond donors (Lipinski definition) is 1. The molecule has 0 spiro atoms. The molecule has 0 bridgehead atoms. The van der Waals surface area contributed by atoms with Gasteiger partial charge in [0.25, 0.3) is 11.8 Å². The maximum atomic E-state index is 12.8. The predicted octanol–water partition coefficient (Wildman–Crippen LogP) is 2.50. The molecule has 3 rings (SSSR count). The van der Waals surface area contributed by atoms with Crippen LogP contribution in [0.4, 0.5) is 5.69 Å². The van der Waals surface area contributed by atoms with E-state index in [1.807, 2.05) is 6.07 Å². The molecule has 0 saturated carbocycles. The molecule has 32 heavy (non-hydrogen) atoms. The van der Waals surface area contributed by atoms with Crippen molar-refractivity contribution >= 4 is 29.5 Å². The molecule has 1 aliphatic heterocycles. The fourth-order valence-electron chi connectivity index (χ4n) is 3.07. The number of amides is 2. The van der Waals surface area contributed by atoms with E-state index < -0.39 is 23.9 Å². The molecule has 0 radical (unpaired) electrons. The van der Waals surface area contributed by atoms with E-state index in [0.717, 1.165) is 0 Å². The number of para-hydroxylation sites is 1. The van der Waals surface area contributed by atoms with E-state index in [-0.39, 0.29) is 29.4 Å². The number of esters is 1. The summed E-state index contributed by atoms with van der Waals surface area (Å²) in [5, 5.41) is 1.18. The van der Waals surface area contributed by atoms with E-state index in [9.17, 15) is 14.4 Å². The van der Waals surface area contributed by atoms with Gasteiger partial charge in [0.15, 0.2) is 17.6 Å². The molecule has 168 valence electrons. The average molecular weight is 440 g/mol. The third-order valence-corrected chi connectivity index (χ3v) is 4.61. The van der Waals surface area contributed by atoms with Crippen molar-refractivity contribution in [3.05, 3.63) is 53.6 Å². The summed E-state index contributed by atoms with van der Waals surface area (Å²) in [5.74, 6) is -0.831. The Bertz CT molecular complexity index is 1020. The highest BCUT2D eigenvalue weighted by atomic mass is 16.6. The minimum absolute atomic E-state index is 0.0495. The van der Waals surface area contributed by atoms with E-state index >= 15 is 0 Å². The smallest absolute Gasteiger partial charge is 0.347 e. The number of nitrogens with one attached hydrogen (secondary N) is 1. The summed E-state index contributed by atoms with van der Waals surface area (Å²) in [6.07, 6.45) is 0.535. The molecular weight excluding hydrogens is 416 g/mol. The Morgan fingerprint density at radius 2 is 1.72 bits per heavy atom. The number of hydrazine groups is 1. The van der Waals surface area contributed by atoms with Crippen LogP contribution in [-0.4, -0.2) is 44.7 Å². The molecule has 0 aliphatic carbocycles. The van der Waals surface area contributed by atoms with Gasteiger partial charge in [-0.1, -0.05) is 18.2 Å². The second kappa shape index (κ2) is 9.86. The molecule has 9 heteroatoms. The van der Waals surface area contributed by atoms with E-state index in [1.165, 1.54) is 25.3 Å². The fourth-order valence-corrected chi connectivity index (χ4v) is 3.07. The third-order valence-electron chi connectivity index (χ3n) is 4.61. The van der Waals surface area contributed by atoms with Gasteiger partial charge in [0.1, 0.15) is 5.57 Å². The van der Waals surface area contributed by atoms with Crippen molar-refractivity contribution in [3.8, 4) is 17.2 Å². The minimum Gasteiger partial charge on any atom is -0.493 e. The van der Waals surface area contributed by atoms with Crippen LogP contribution in [0.3, 0.4) is 0 Å². The van der Waals surface area contributed by atoms with Gasteiger partial charge in [0.05, 0.1) is 26.5 Å². The van der Waals surface area contributed by atoms with E-state index in [0.29, 0.717) is 11.3 Å². The van der Waals surface area contributed by atoms with Crippen LogP contribution in [0, 0.1) is 0 Å². The topological polar surface area (TPSA) is 103 Å². The third kappa shape index (κ3) is 4.66. The predicted molar refractivity (Wildman–Crippen MR) is 116 cm³/mol. The lowest BCUT2D eigenvalue weighted by Crippen LogP contribution is -2.35. The normalized spacial score (nSPS) is 15.4. The van der Waals surface area contributed by atoms with Crippen molar-refractivity contribution in [1.29, 1.82) is 0 Å². The molecular formula is C23H24N2O7. The number of anilines is 1. The molecule has 2 aromatic rings. The zero-order valence-electron chi connectivity index (χ0n) is 18.2. The van der Waals surface area contributed by atoms with E-state index in [4.69, 9.17) is 18.9 Å². The first-order valence-electron chi connectivity index (χ1n) is 9.91. The molecule has 1 saturated heterocycles. The highest BCUT2D eigenvalue weighted by Gasteiger charge is 2.34. The summed E-state index contributed by atoms with van der Waals surface area (Å²) in [6.45, 7) is 3.48. The van der Waals surface area contributed by atoms with Crippen LogP contribution >= 0.6 is 0 Å². The SMILES string of the molecule is CCOC(=O)[C@H](C)Oc1c(OC)cc(/C=C2/C(=O)NN(c3ccccc3)C2=O)cc1OC. The van der Waals surface area contributed by atoms with Gasteiger partial charge in [-0.15, -0.1) is 0 Å². The number of hydrogen-bond acceptors (Lipinski definition) is 7. The number of carbonyl (C=O) groups is 3. The van der Waals surface area contributed by atoms with Gasteiger partial charge in [-0.25, -0.2) is 9.80 Å². The highest BCUT2D eigenvalue weighted by Crippen LogP contribution is 2.40. The monoisotopic (exact) mass is 440 g/mol. The first-order chi connectivity index (χ1) is 15.4. The van der Waals surface area contributed by atoms with Crippen molar-refractivity contribution in [2.24, 2.45) is 0 Å². The second-order valence-corrected chi connectivity index (χ2v) is 6.74. The molecule has 1 N–H and O–H groups in total. The van der Waals surface area contributed by atoms with Crippen LogP contribution < -0.4 is 24.6 Å². The van der Waals surface area contributed by atoms with Crippen molar-refractivity contribution in [2.45, 2.75) is 20.0 Å². The van der Waals surface area contributed by atoms with Crippen molar-refractivity contribution in [1.82, 2.24) is 5.43 Å². The van der Waals surface area contributed by atoms with Crippen molar-refractivity contribution in [2.75, 3.05) is 25.8 Å². The number of methoxy groups -OCH3 is 2. The largest absolute Gasteiger partial charge is 0.493 e. The van der Waals surface area contributed by atoms with Crippen LogP contribution in [0.2, 0.25) is 0 Å². The summed E-state index contributed by atoms with van der Waals surface area (Å²) in [4.78, 5) is 37.2. The molecule has 1 fully saturated rings. The van der Waals surface area contributed by atoms with Gasteiger partial charge in [-0.2, -0.15) is 0 Å². The van der Waals surface area contributed by atoms with Crippen LogP contribution in [0.1, 0.15) is 19.4 Å². The van der Waals surface area contributed by atoms with Gasteiger partial charge in [0, 0.05) is 0 Å². The number of rotatable bonds is 8. The minimum atomic E-state index is -0.899.